The zero-order valence-electron chi connectivity index (χ0n) is 16.7. The monoisotopic (exact) mass is 399 g/mol. The SMILES string of the molecule is CC(C)(C(=O)NNC(=O)c1cc(-c2ccco2)nc2ccccc12)c1ccccc1. The number of hydrogen-bond acceptors (Lipinski definition) is 4. The first-order chi connectivity index (χ1) is 14.5. The van der Waals surface area contributed by atoms with Crippen LogP contribution in [-0.4, -0.2) is 16.8 Å². The summed E-state index contributed by atoms with van der Waals surface area (Å²) in [6, 6.07) is 22.0. The van der Waals surface area contributed by atoms with Crippen molar-refractivity contribution in [3.05, 3.63) is 90.2 Å². The summed E-state index contributed by atoms with van der Waals surface area (Å²) in [6.07, 6.45) is 1.55. The van der Waals surface area contributed by atoms with Crippen LogP contribution in [-0.2, 0) is 10.2 Å². The van der Waals surface area contributed by atoms with Gasteiger partial charge in [0.05, 0.1) is 22.8 Å². The summed E-state index contributed by atoms with van der Waals surface area (Å²) in [6.45, 7) is 3.61. The van der Waals surface area contributed by atoms with E-state index in [9.17, 15) is 9.59 Å². The summed E-state index contributed by atoms with van der Waals surface area (Å²) in [5.74, 6) is -0.186. The van der Waals surface area contributed by atoms with Gasteiger partial charge in [0.2, 0.25) is 5.91 Å². The highest BCUT2D eigenvalue weighted by Gasteiger charge is 2.30. The number of nitrogens with one attached hydrogen (secondary N) is 2. The summed E-state index contributed by atoms with van der Waals surface area (Å²) >= 11 is 0. The molecule has 2 aromatic heterocycles. The molecule has 0 unspecified atom stereocenters. The third kappa shape index (κ3) is 3.67. The van der Waals surface area contributed by atoms with Crippen molar-refractivity contribution in [3.63, 3.8) is 0 Å². The van der Waals surface area contributed by atoms with Crippen LogP contribution in [0.1, 0.15) is 29.8 Å². The van der Waals surface area contributed by atoms with E-state index in [4.69, 9.17) is 4.42 Å². The first kappa shape index (κ1) is 19.4. The highest BCUT2D eigenvalue weighted by Crippen LogP contribution is 2.25. The number of carbonyl (C=O) groups excluding carboxylic acids is 2. The van der Waals surface area contributed by atoms with Crippen LogP contribution >= 0.6 is 0 Å². The largest absolute Gasteiger partial charge is 0.463 e. The van der Waals surface area contributed by atoms with Crippen molar-refractivity contribution >= 4 is 22.7 Å². The number of hydrogen-bond donors (Lipinski definition) is 2. The molecule has 0 radical (unpaired) electrons. The Hall–Kier alpha value is -3.93. The van der Waals surface area contributed by atoms with Crippen molar-refractivity contribution in [2.45, 2.75) is 19.3 Å². The van der Waals surface area contributed by atoms with E-state index in [1.54, 1.807) is 38.3 Å². The first-order valence-corrected chi connectivity index (χ1v) is 9.57. The fraction of sp³-hybridized carbons (Fsp3) is 0.125. The lowest BCUT2D eigenvalue weighted by Gasteiger charge is -2.24. The number of aromatic nitrogens is 1. The fourth-order valence-electron chi connectivity index (χ4n) is 3.24. The molecule has 2 aromatic carbocycles. The van der Waals surface area contributed by atoms with Gasteiger partial charge in [0.15, 0.2) is 5.76 Å². The van der Waals surface area contributed by atoms with Crippen LogP contribution < -0.4 is 10.9 Å². The third-order valence-corrected chi connectivity index (χ3v) is 5.09. The Morgan fingerprint density at radius 1 is 0.900 bits per heavy atom. The maximum Gasteiger partial charge on any atom is 0.270 e. The van der Waals surface area contributed by atoms with Gasteiger partial charge >= 0.3 is 0 Å². The van der Waals surface area contributed by atoms with E-state index in [1.165, 1.54) is 0 Å². The van der Waals surface area contributed by atoms with Crippen molar-refractivity contribution in [1.29, 1.82) is 0 Å². The third-order valence-electron chi connectivity index (χ3n) is 5.09. The van der Waals surface area contributed by atoms with Crippen LogP contribution in [0.5, 0.6) is 0 Å². The van der Waals surface area contributed by atoms with Crippen molar-refractivity contribution in [2.24, 2.45) is 0 Å². The van der Waals surface area contributed by atoms with Crippen molar-refractivity contribution in [3.8, 4) is 11.5 Å². The minimum Gasteiger partial charge on any atom is -0.463 e. The van der Waals surface area contributed by atoms with E-state index in [1.807, 2.05) is 54.6 Å². The standard InChI is InChI=1S/C24H21N3O3/c1-24(2,16-9-4-3-5-10-16)23(29)27-26-22(28)18-15-20(21-13-8-14-30-21)25-19-12-7-6-11-17(18)19/h3-15H,1-2H3,(H,26,28)(H,27,29). The lowest BCUT2D eigenvalue weighted by atomic mass is 9.84. The predicted molar refractivity (Wildman–Crippen MR) is 115 cm³/mol. The molecule has 0 bridgehead atoms. The summed E-state index contributed by atoms with van der Waals surface area (Å²) in [5, 5.41) is 0.682. The Balaban J connectivity index is 1.60. The maximum atomic E-state index is 13.0. The van der Waals surface area contributed by atoms with Gasteiger partial charge in [0, 0.05) is 5.39 Å². The molecule has 0 atom stereocenters. The van der Waals surface area contributed by atoms with E-state index >= 15 is 0 Å². The highest BCUT2D eigenvalue weighted by molar-refractivity contribution is 6.07. The number of benzene rings is 2. The smallest absolute Gasteiger partial charge is 0.270 e. The van der Waals surface area contributed by atoms with Gasteiger partial charge in [-0.05, 0) is 43.7 Å². The number of furan rings is 1. The van der Waals surface area contributed by atoms with Crippen molar-refractivity contribution < 1.29 is 14.0 Å². The Kier molecular flexibility index (Phi) is 5.06. The molecular formula is C24H21N3O3. The molecule has 6 nitrogen and oxygen atoms in total. The number of pyridine rings is 1. The Bertz CT molecular complexity index is 1200. The van der Waals surface area contributed by atoms with E-state index in [-0.39, 0.29) is 5.91 Å². The Morgan fingerprint density at radius 2 is 1.63 bits per heavy atom. The number of para-hydroxylation sites is 1. The molecular weight excluding hydrogens is 378 g/mol. The average Bonchev–Trinajstić information content (AvgIpc) is 3.32. The van der Waals surface area contributed by atoms with Crippen LogP contribution in [0.2, 0.25) is 0 Å². The number of carbonyl (C=O) groups is 2. The zero-order chi connectivity index (χ0) is 21.1. The van der Waals surface area contributed by atoms with Crippen LogP contribution in [0.25, 0.3) is 22.4 Å². The van der Waals surface area contributed by atoms with Crippen molar-refractivity contribution in [2.75, 3.05) is 0 Å². The molecule has 0 spiro atoms. The minimum atomic E-state index is -0.811. The van der Waals surface area contributed by atoms with Crippen LogP contribution in [0.4, 0.5) is 0 Å². The molecule has 2 heterocycles. The molecule has 0 saturated carbocycles. The second-order valence-corrected chi connectivity index (χ2v) is 7.45. The molecule has 4 aromatic rings. The summed E-state index contributed by atoms with van der Waals surface area (Å²) in [7, 11) is 0. The molecule has 6 heteroatoms. The Morgan fingerprint density at radius 3 is 2.37 bits per heavy atom. The topological polar surface area (TPSA) is 84.2 Å². The summed E-state index contributed by atoms with van der Waals surface area (Å²) < 4.78 is 5.43. The molecule has 2 N–H and O–H groups in total. The number of amides is 2. The molecule has 150 valence electrons. The molecule has 0 fully saturated rings. The molecule has 0 aliphatic heterocycles. The molecule has 2 amide bonds. The highest BCUT2D eigenvalue weighted by atomic mass is 16.3. The summed E-state index contributed by atoms with van der Waals surface area (Å²) in [4.78, 5) is 30.3. The van der Waals surface area contributed by atoms with Crippen LogP contribution in [0, 0.1) is 0 Å². The van der Waals surface area contributed by atoms with E-state index in [0.717, 1.165) is 5.56 Å². The van der Waals surface area contributed by atoms with Gasteiger partial charge in [-0.1, -0.05) is 48.5 Å². The van der Waals surface area contributed by atoms with Crippen LogP contribution in [0.15, 0.2) is 83.5 Å². The van der Waals surface area contributed by atoms with E-state index in [0.29, 0.717) is 27.9 Å². The predicted octanol–water partition coefficient (Wildman–Crippen LogP) is 4.23. The van der Waals surface area contributed by atoms with Gasteiger partial charge in [-0.3, -0.25) is 20.4 Å². The van der Waals surface area contributed by atoms with E-state index in [2.05, 4.69) is 15.8 Å². The molecule has 4 rings (SSSR count). The van der Waals surface area contributed by atoms with Gasteiger partial charge in [-0.25, -0.2) is 4.98 Å². The minimum absolute atomic E-state index is 0.313. The average molecular weight is 399 g/mol. The van der Waals surface area contributed by atoms with Gasteiger partial charge in [0.1, 0.15) is 5.69 Å². The number of rotatable bonds is 4. The molecule has 0 aliphatic rings. The second kappa shape index (κ2) is 7.83. The van der Waals surface area contributed by atoms with Gasteiger partial charge in [-0.2, -0.15) is 0 Å². The normalized spacial score (nSPS) is 11.3. The molecule has 0 aliphatic carbocycles. The number of nitrogens with zero attached hydrogens (tertiary/aromatic N) is 1. The van der Waals surface area contributed by atoms with Gasteiger partial charge in [-0.15, -0.1) is 0 Å². The quantitative estimate of drug-likeness (QED) is 0.503. The number of fused-ring (bicyclic) bond motifs is 1. The lowest BCUT2D eigenvalue weighted by Crippen LogP contribution is -2.49. The summed E-state index contributed by atoms with van der Waals surface area (Å²) in [5.41, 5.74) is 6.73. The number of hydrazine groups is 1. The zero-order valence-corrected chi connectivity index (χ0v) is 16.7. The van der Waals surface area contributed by atoms with Gasteiger partial charge < -0.3 is 4.42 Å². The van der Waals surface area contributed by atoms with Crippen LogP contribution in [0.3, 0.4) is 0 Å². The van der Waals surface area contributed by atoms with Crippen molar-refractivity contribution in [1.82, 2.24) is 15.8 Å². The van der Waals surface area contributed by atoms with E-state index < -0.39 is 11.3 Å². The lowest BCUT2D eigenvalue weighted by molar-refractivity contribution is -0.126. The first-order valence-electron chi connectivity index (χ1n) is 9.57. The molecule has 0 saturated heterocycles. The molecule has 30 heavy (non-hydrogen) atoms. The van der Waals surface area contributed by atoms with Gasteiger partial charge in [0.25, 0.3) is 5.91 Å². The maximum absolute atomic E-state index is 13.0. The fourth-order valence-corrected chi connectivity index (χ4v) is 3.24. The second-order valence-electron chi connectivity index (χ2n) is 7.45. The Labute approximate surface area is 173 Å².